The molecule has 0 saturated heterocycles. The number of halogens is 2. The second-order valence-electron chi connectivity index (χ2n) is 4.54. The fourth-order valence-corrected chi connectivity index (χ4v) is 2.13. The van der Waals surface area contributed by atoms with Gasteiger partial charge in [-0.3, -0.25) is 4.79 Å². The van der Waals surface area contributed by atoms with Crippen LogP contribution in [0.25, 0.3) is 6.08 Å². The van der Waals surface area contributed by atoms with Gasteiger partial charge in [0, 0.05) is 0 Å². The van der Waals surface area contributed by atoms with Crippen LogP contribution in [0.3, 0.4) is 0 Å². The molecule has 0 atom stereocenters. The second-order valence-corrected chi connectivity index (χ2v) is 5.32. The van der Waals surface area contributed by atoms with Gasteiger partial charge in [0.05, 0.1) is 5.02 Å². The zero-order valence-corrected chi connectivity index (χ0v) is 13.0. The van der Waals surface area contributed by atoms with Crippen LogP contribution in [0.15, 0.2) is 48.5 Å². The number of aryl methyl sites for hydroxylation is 1. The fourth-order valence-electron chi connectivity index (χ4n) is 1.83. The molecule has 0 bridgehead atoms. The second kappa shape index (κ2) is 7.30. The third-order valence-corrected chi connectivity index (χ3v) is 3.43. The van der Waals surface area contributed by atoms with Crippen molar-refractivity contribution in [3.8, 4) is 5.75 Å². The highest BCUT2D eigenvalue weighted by molar-refractivity contribution is 6.66. The van der Waals surface area contributed by atoms with Crippen molar-refractivity contribution in [2.24, 2.45) is 0 Å². The lowest BCUT2D eigenvalue weighted by atomic mass is 10.1. The summed E-state index contributed by atoms with van der Waals surface area (Å²) in [4.78, 5) is 10.7. The van der Waals surface area contributed by atoms with Gasteiger partial charge in [-0.05, 0) is 53.4 Å². The Bertz CT molecular complexity index is 678. The van der Waals surface area contributed by atoms with Gasteiger partial charge in [-0.15, -0.1) is 0 Å². The first-order chi connectivity index (χ1) is 10.1. The molecule has 2 aromatic rings. The summed E-state index contributed by atoms with van der Waals surface area (Å²) in [5, 5.41) is -0.0289. The minimum atomic E-state index is -0.522. The largest absolute Gasteiger partial charge is 0.487 e. The van der Waals surface area contributed by atoms with Crippen LogP contribution in [0, 0.1) is 6.92 Å². The van der Waals surface area contributed by atoms with Crippen molar-refractivity contribution in [2.45, 2.75) is 13.5 Å². The van der Waals surface area contributed by atoms with Crippen molar-refractivity contribution in [3.05, 3.63) is 70.3 Å². The van der Waals surface area contributed by atoms with Gasteiger partial charge >= 0.3 is 0 Å². The Hall–Kier alpha value is -1.77. The van der Waals surface area contributed by atoms with Gasteiger partial charge in [0.25, 0.3) is 0 Å². The number of rotatable bonds is 5. The lowest BCUT2D eigenvalue weighted by Gasteiger charge is -2.10. The molecule has 2 rings (SSSR count). The molecule has 0 heterocycles. The number of ether oxygens (including phenoxy) is 1. The van der Waals surface area contributed by atoms with Crippen LogP contribution < -0.4 is 4.74 Å². The van der Waals surface area contributed by atoms with E-state index >= 15 is 0 Å². The monoisotopic (exact) mass is 320 g/mol. The predicted octanol–water partition coefficient (Wildman–Crippen LogP) is 5.01. The number of carbonyl (C=O) groups excluding carboxylic acids is 1. The Morgan fingerprint density at radius 1 is 1.24 bits per heavy atom. The highest BCUT2D eigenvalue weighted by atomic mass is 35.5. The molecule has 0 aromatic heterocycles. The Labute approximate surface area is 134 Å². The van der Waals surface area contributed by atoms with Crippen molar-refractivity contribution in [1.29, 1.82) is 0 Å². The lowest BCUT2D eigenvalue weighted by molar-refractivity contribution is -0.107. The first-order valence-corrected chi connectivity index (χ1v) is 7.16. The maximum absolute atomic E-state index is 10.7. The summed E-state index contributed by atoms with van der Waals surface area (Å²) in [5.74, 6) is 0.606. The molecule has 0 fully saturated rings. The van der Waals surface area contributed by atoms with E-state index in [1.165, 1.54) is 11.6 Å². The summed E-state index contributed by atoms with van der Waals surface area (Å²) < 4.78 is 5.74. The first kappa shape index (κ1) is 15.6. The van der Waals surface area contributed by atoms with Crippen LogP contribution in [0.4, 0.5) is 0 Å². The quantitative estimate of drug-likeness (QED) is 0.572. The molecule has 0 aliphatic carbocycles. The van der Waals surface area contributed by atoms with E-state index in [0.717, 1.165) is 11.1 Å². The third kappa shape index (κ3) is 4.62. The smallest absolute Gasteiger partial charge is 0.245 e. The SMILES string of the molecule is Cc1ccccc1COc1ccc(/C=C/C(=O)Cl)cc1Cl. The topological polar surface area (TPSA) is 26.3 Å². The van der Waals surface area contributed by atoms with E-state index in [4.69, 9.17) is 27.9 Å². The number of hydrogen-bond donors (Lipinski definition) is 0. The first-order valence-electron chi connectivity index (χ1n) is 6.40. The molecule has 4 heteroatoms. The van der Waals surface area contributed by atoms with Crippen LogP contribution in [0.2, 0.25) is 5.02 Å². The molecule has 0 unspecified atom stereocenters. The highest BCUT2D eigenvalue weighted by Gasteiger charge is 2.04. The summed E-state index contributed by atoms with van der Waals surface area (Å²) >= 11 is 11.4. The van der Waals surface area contributed by atoms with Gasteiger partial charge in [-0.2, -0.15) is 0 Å². The van der Waals surface area contributed by atoms with Gasteiger partial charge in [0.1, 0.15) is 12.4 Å². The minimum Gasteiger partial charge on any atom is -0.487 e. The van der Waals surface area contributed by atoms with Crippen LogP contribution in [-0.4, -0.2) is 5.24 Å². The van der Waals surface area contributed by atoms with Crippen LogP contribution in [0.5, 0.6) is 5.75 Å². The third-order valence-electron chi connectivity index (χ3n) is 3.01. The van der Waals surface area contributed by atoms with Crippen LogP contribution in [0.1, 0.15) is 16.7 Å². The summed E-state index contributed by atoms with van der Waals surface area (Å²) in [6, 6.07) is 13.3. The van der Waals surface area contributed by atoms with Crippen molar-refractivity contribution in [3.63, 3.8) is 0 Å². The van der Waals surface area contributed by atoms with Gasteiger partial charge in [0.2, 0.25) is 5.24 Å². The Morgan fingerprint density at radius 2 is 2.00 bits per heavy atom. The van der Waals surface area contributed by atoms with Gasteiger partial charge < -0.3 is 4.74 Å². The van der Waals surface area contributed by atoms with Gasteiger partial charge in [-0.1, -0.05) is 48.0 Å². The molecule has 0 aliphatic heterocycles. The average molecular weight is 321 g/mol. The van der Waals surface area contributed by atoms with E-state index in [1.807, 2.05) is 37.3 Å². The standard InChI is InChI=1S/C17H14Cl2O2/c1-12-4-2-3-5-14(12)11-21-16-8-6-13(10-15(16)18)7-9-17(19)20/h2-10H,11H2,1H3/b9-7+. The maximum atomic E-state index is 10.7. The van der Waals surface area contributed by atoms with Crippen molar-refractivity contribution in [1.82, 2.24) is 0 Å². The molecule has 2 aromatic carbocycles. The molecule has 0 spiro atoms. The number of hydrogen-bond acceptors (Lipinski definition) is 2. The summed E-state index contributed by atoms with van der Waals surface area (Å²) in [6.07, 6.45) is 2.88. The summed E-state index contributed by atoms with van der Waals surface area (Å²) in [6.45, 7) is 2.50. The lowest BCUT2D eigenvalue weighted by Crippen LogP contribution is -1.98. The summed E-state index contributed by atoms with van der Waals surface area (Å²) in [7, 11) is 0. The molecule has 0 N–H and O–H groups in total. The minimum absolute atomic E-state index is 0.460. The van der Waals surface area contributed by atoms with E-state index in [0.29, 0.717) is 17.4 Å². The molecule has 0 saturated carbocycles. The van der Waals surface area contributed by atoms with Gasteiger partial charge in [0.15, 0.2) is 0 Å². The number of benzene rings is 2. The van der Waals surface area contributed by atoms with E-state index in [2.05, 4.69) is 0 Å². The van der Waals surface area contributed by atoms with E-state index in [-0.39, 0.29) is 0 Å². The highest BCUT2D eigenvalue weighted by Crippen LogP contribution is 2.27. The zero-order valence-electron chi connectivity index (χ0n) is 11.5. The molecular weight excluding hydrogens is 307 g/mol. The van der Waals surface area contributed by atoms with Crippen molar-refractivity contribution >= 4 is 34.5 Å². The van der Waals surface area contributed by atoms with Crippen molar-refractivity contribution in [2.75, 3.05) is 0 Å². The normalized spacial score (nSPS) is 10.8. The maximum Gasteiger partial charge on any atom is 0.245 e. The van der Waals surface area contributed by atoms with E-state index in [1.54, 1.807) is 18.2 Å². The van der Waals surface area contributed by atoms with E-state index < -0.39 is 5.24 Å². The Balaban J connectivity index is 2.08. The predicted molar refractivity (Wildman–Crippen MR) is 86.9 cm³/mol. The van der Waals surface area contributed by atoms with Gasteiger partial charge in [-0.25, -0.2) is 0 Å². The molecule has 0 aliphatic rings. The molecule has 0 amide bonds. The number of allylic oxidation sites excluding steroid dienone is 1. The summed E-state index contributed by atoms with van der Waals surface area (Å²) in [5.41, 5.74) is 3.08. The molecule has 2 nitrogen and oxygen atoms in total. The molecular formula is C17H14Cl2O2. The van der Waals surface area contributed by atoms with Crippen LogP contribution >= 0.6 is 23.2 Å². The molecule has 108 valence electrons. The van der Waals surface area contributed by atoms with Crippen LogP contribution in [-0.2, 0) is 11.4 Å². The number of carbonyl (C=O) groups is 1. The fraction of sp³-hybridized carbons (Fsp3) is 0.118. The zero-order chi connectivity index (χ0) is 15.2. The van der Waals surface area contributed by atoms with E-state index in [9.17, 15) is 4.79 Å². The van der Waals surface area contributed by atoms with Crippen molar-refractivity contribution < 1.29 is 9.53 Å². The molecule has 0 radical (unpaired) electrons. The molecule has 21 heavy (non-hydrogen) atoms. The Kier molecular flexibility index (Phi) is 5.43. The Morgan fingerprint density at radius 3 is 2.67 bits per heavy atom. The average Bonchev–Trinajstić information content (AvgIpc) is 2.45.